The summed E-state index contributed by atoms with van der Waals surface area (Å²) in [5.74, 6) is -0.157. The molecule has 2 aromatic rings. The molecule has 2 atom stereocenters. The Labute approximate surface area is 180 Å². The van der Waals surface area contributed by atoms with Crippen molar-refractivity contribution in [2.45, 2.75) is 44.6 Å². The van der Waals surface area contributed by atoms with E-state index < -0.39 is 0 Å². The molecule has 1 aromatic carbocycles. The average Bonchev–Trinajstić information content (AvgIpc) is 3.46. The zero-order valence-electron chi connectivity index (χ0n) is 17.1. The Morgan fingerprint density at radius 1 is 1.20 bits per heavy atom. The van der Waals surface area contributed by atoms with Gasteiger partial charge in [-0.1, -0.05) is 29.0 Å². The Morgan fingerprint density at radius 3 is 2.80 bits per heavy atom. The summed E-state index contributed by atoms with van der Waals surface area (Å²) in [5.41, 5.74) is 1.86. The first-order valence-corrected chi connectivity index (χ1v) is 11.3. The van der Waals surface area contributed by atoms with Crippen molar-refractivity contribution in [2.75, 3.05) is 31.6 Å². The van der Waals surface area contributed by atoms with Gasteiger partial charge in [-0.05, 0) is 44.7 Å². The summed E-state index contributed by atoms with van der Waals surface area (Å²) >= 11 is 1.30. The number of aromatic nitrogens is 2. The zero-order chi connectivity index (χ0) is 20.9. The third kappa shape index (κ3) is 5.14. The maximum Gasteiger partial charge on any atom is 0.317 e. The average molecular weight is 430 g/mol. The lowest BCUT2D eigenvalue weighted by Crippen LogP contribution is -2.46. The molecular weight excluding hydrogens is 402 g/mol. The molecular formula is C21H27N5O3S. The molecule has 0 unspecified atom stereocenters. The van der Waals surface area contributed by atoms with Gasteiger partial charge in [0.05, 0.1) is 6.10 Å². The summed E-state index contributed by atoms with van der Waals surface area (Å²) in [6.45, 7) is 4.66. The van der Waals surface area contributed by atoms with E-state index in [0.29, 0.717) is 18.1 Å². The minimum atomic E-state index is -0.260. The van der Waals surface area contributed by atoms with Crippen LogP contribution in [0.4, 0.5) is 10.5 Å². The summed E-state index contributed by atoms with van der Waals surface area (Å²) in [4.78, 5) is 26.9. The van der Waals surface area contributed by atoms with Gasteiger partial charge in [-0.3, -0.25) is 4.79 Å². The van der Waals surface area contributed by atoms with Gasteiger partial charge in [-0.2, -0.15) is 0 Å². The number of carbonyl (C=O) groups excluding carboxylic acids is 2. The number of likely N-dealkylation sites (tertiary alicyclic amines) is 1. The summed E-state index contributed by atoms with van der Waals surface area (Å²) in [5, 5.41) is 15.3. The second-order valence-electron chi connectivity index (χ2n) is 7.87. The minimum Gasteiger partial charge on any atom is -0.376 e. The summed E-state index contributed by atoms with van der Waals surface area (Å²) in [7, 11) is 0. The van der Waals surface area contributed by atoms with Crippen LogP contribution in [0.25, 0.3) is 0 Å². The molecule has 9 heteroatoms. The van der Waals surface area contributed by atoms with E-state index in [0.717, 1.165) is 55.1 Å². The highest BCUT2D eigenvalue weighted by atomic mass is 32.1. The Kier molecular flexibility index (Phi) is 6.59. The molecule has 3 amide bonds. The Balaban J connectivity index is 1.32. The van der Waals surface area contributed by atoms with Crippen LogP contribution in [-0.2, 0) is 4.74 Å². The first-order chi connectivity index (χ1) is 14.6. The van der Waals surface area contributed by atoms with Crippen LogP contribution in [0.3, 0.4) is 0 Å². The molecule has 2 aliphatic heterocycles. The highest BCUT2D eigenvalue weighted by Crippen LogP contribution is 2.29. The highest BCUT2D eigenvalue weighted by molar-refractivity contribution is 7.13. The number of nitrogens with zero attached hydrogens (tertiary/aromatic N) is 3. The van der Waals surface area contributed by atoms with Crippen LogP contribution in [0.5, 0.6) is 0 Å². The fourth-order valence-corrected chi connectivity index (χ4v) is 4.66. The molecule has 0 radical (unpaired) electrons. The van der Waals surface area contributed by atoms with Crippen molar-refractivity contribution in [3.63, 3.8) is 0 Å². The van der Waals surface area contributed by atoms with Crippen molar-refractivity contribution < 1.29 is 14.3 Å². The maximum atomic E-state index is 12.5. The van der Waals surface area contributed by atoms with Crippen LogP contribution >= 0.6 is 11.3 Å². The number of nitrogens with one attached hydrogen (secondary N) is 2. The molecule has 0 spiro atoms. The van der Waals surface area contributed by atoms with E-state index in [-0.39, 0.29) is 24.0 Å². The second-order valence-corrected chi connectivity index (χ2v) is 8.88. The van der Waals surface area contributed by atoms with Gasteiger partial charge >= 0.3 is 6.03 Å². The number of anilines is 1. The zero-order valence-corrected chi connectivity index (χ0v) is 17.9. The van der Waals surface area contributed by atoms with E-state index in [2.05, 4.69) is 20.8 Å². The van der Waals surface area contributed by atoms with Crippen LogP contribution < -0.4 is 10.6 Å². The normalized spacial score (nSPS) is 21.4. The predicted molar refractivity (Wildman–Crippen MR) is 115 cm³/mol. The lowest BCUT2D eigenvalue weighted by atomic mass is 9.99. The van der Waals surface area contributed by atoms with E-state index >= 15 is 0 Å². The number of ether oxygens (including phenoxy) is 1. The van der Waals surface area contributed by atoms with Crippen LogP contribution in [0.2, 0.25) is 0 Å². The molecule has 0 saturated carbocycles. The number of piperidine rings is 1. The standard InChI is InChI=1S/C21H27N5O3S/c1-14-6-8-16(9-7-14)23-18(27)20-25-24-19(30-20)15-4-2-10-26(13-15)21(28)22-12-17-5-3-11-29-17/h6-9,15,17H,2-5,10-13H2,1H3,(H,22,28)(H,23,27)/t15-,17-/m1/s1. The molecule has 3 heterocycles. The Bertz CT molecular complexity index is 879. The van der Waals surface area contributed by atoms with E-state index in [1.165, 1.54) is 11.3 Å². The molecule has 8 nitrogen and oxygen atoms in total. The van der Waals surface area contributed by atoms with Crippen molar-refractivity contribution in [3.8, 4) is 0 Å². The number of hydrogen-bond acceptors (Lipinski definition) is 6. The predicted octanol–water partition coefficient (Wildman–Crippen LogP) is 3.17. The number of benzene rings is 1. The smallest absolute Gasteiger partial charge is 0.317 e. The Morgan fingerprint density at radius 2 is 2.03 bits per heavy atom. The quantitative estimate of drug-likeness (QED) is 0.761. The van der Waals surface area contributed by atoms with Gasteiger partial charge in [0.2, 0.25) is 5.01 Å². The number of aryl methyl sites for hydroxylation is 1. The van der Waals surface area contributed by atoms with Crippen molar-refractivity contribution in [1.29, 1.82) is 0 Å². The number of urea groups is 1. The van der Waals surface area contributed by atoms with Gasteiger partial charge in [0.15, 0.2) is 0 Å². The van der Waals surface area contributed by atoms with Crippen molar-refractivity contribution in [3.05, 3.63) is 39.8 Å². The van der Waals surface area contributed by atoms with Gasteiger partial charge in [-0.25, -0.2) is 4.79 Å². The SMILES string of the molecule is Cc1ccc(NC(=O)c2nnc([C@@H]3CCCN(C(=O)NC[C@H]4CCCO4)C3)s2)cc1. The summed E-state index contributed by atoms with van der Waals surface area (Å²) in [6, 6.07) is 7.56. The molecule has 2 fully saturated rings. The summed E-state index contributed by atoms with van der Waals surface area (Å²) in [6.07, 6.45) is 4.03. The molecule has 30 heavy (non-hydrogen) atoms. The molecule has 4 rings (SSSR count). The summed E-state index contributed by atoms with van der Waals surface area (Å²) < 4.78 is 5.57. The molecule has 2 aliphatic rings. The molecule has 160 valence electrons. The molecule has 0 bridgehead atoms. The van der Waals surface area contributed by atoms with Crippen molar-refractivity contribution in [2.24, 2.45) is 0 Å². The lowest BCUT2D eigenvalue weighted by Gasteiger charge is -2.31. The Hall–Kier alpha value is -2.52. The third-order valence-electron chi connectivity index (χ3n) is 5.51. The highest BCUT2D eigenvalue weighted by Gasteiger charge is 2.28. The number of hydrogen-bond donors (Lipinski definition) is 2. The number of amides is 3. The number of rotatable bonds is 5. The van der Waals surface area contributed by atoms with Crippen LogP contribution in [0.15, 0.2) is 24.3 Å². The molecule has 2 N–H and O–H groups in total. The fraction of sp³-hybridized carbons (Fsp3) is 0.524. The van der Waals surface area contributed by atoms with Gasteiger partial charge in [-0.15, -0.1) is 10.2 Å². The largest absolute Gasteiger partial charge is 0.376 e. The van der Waals surface area contributed by atoms with E-state index in [1.54, 1.807) is 0 Å². The minimum absolute atomic E-state index is 0.0583. The topological polar surface area (TPSA) is 96.5 Å². The first kappa shape index (κ1) is 20.7. The fourth-order valence-electron chi connectivity index (χ4n) is 3.79. The first-order valence-electron chi connectivity index (χ1n) is 10.4. The van der Waals surface area contributed by atoms with E-state index in [1.807, 2.05) is 36.1 Å². The van der Waals surface area contributed by atoms with Crippen molar-refractivity contribution >= 4 is 29.0 Å². The van der Waals surface area contributed by atoms with Crippen LogP contribution in [0.1, 0.15) is 52.0 Å². The molecule has 1 aromatic heterocycles. The van der Waals surface area contributed by atoms with Gasteiger partial charge in [0.1, 0.15) is 5.01 Å². The van der Waals surface area contributed by atoms with Crippen LogP contribution in [0, 0.1) is 6.92 Å². The van der Waals surface area contributed by atoms with Gasteiger partial charge < -0.3 is 20.3 Å². The van der Waals surface area contributed by atoms with Gasteiger partial charge in [0.25, 0.3) is 5.91 Å². The molecule has 0 aliphatic carbocycles. The third-order valence-corrected chi connectivity index (χ3v) is 6.59. The van der Waals surface area contributed by atoms with Crippen molar-refractivity contribution in [1.82, 2.24) is 20.4 Å². The lowest BCUT2D eigenvalue weighted by molar-refractivity contribution is 0.102. The number of carbonyl (C=O) groups is 2. The molecule has 2 saturated heterocycles. The van der Waals surface area contributed by atoms with E-state index in [4.69, 9.17) is 4.74 Å². The van der Waals surface area contributed by atoms with Crippen LogP contribution in [-0.4, -0.2) is 59.4 Å². The second kappa shape index (κ2) is 9.53. The van der Waals surface area contributed by atoms with Gasteiger partial charge in [0, 0.05) is 37.8 Å². The van der Waals surface area contributed by atoms with E-state index in [9.17, 15) is 9.59 Å². The maximum absolute atomic E-state index is 12.5. The monoisotopic (exact) mass is 429 g/mol.